The van der Waals surface area contributed by atoms with Crippen molar-refractivity contribution < 1.29 is 9.47 Å². The van der Waals surface area contributed by atoms with Crippen LogP contribution in [0.1, 0.15) is 43.4 Å². The van der Waals surface area contributed by atoms with E-state index in [2.05, 4.69) is 23.3 Å². The Kier molecular flexibility index (Phi) is 4.65. The molecule has 4 nitrogen and oxygen atoms in total. The topological polar surface area (TPSA) is 43.4 Å². The molecule has 0 bridgehead atoms. The third-order valence-corrected chi connectivity index (χ3v) is 4.33. The smallest absolute Gasteiger partial charge is 0.159 e. The second-order valence-electron chi connectivity index (χ2n) is 5.62. The van der Waals surface area contributed by atoms with Crippen molar-refractivity contribution in [3.8, 4) is 0 Å². The van der Waals surface area contributed by atoms with Gasteiger partial charge < -0.3 is 14.8 Å². The number of nitrogens with zero attached hydrogens (tertiary/aromatic N) is 1. The van der Waals surface area contributed by atoms with Crippen LogP contribution in [0.3, 0.4) is 0 Å². The van der Waals surface area contributed by atoms with E-state index in [-0.39, 0.29) is 6.29 Å². The van der Waals surface area contributed by atoms with Crippen LogP contribution in [0.2, 0.25) is 0 Å². The van der Waals surface area contributed by atoms with Gasteiger partial charge in [-0.15, -0.1) is 0 Å². The lowest BCUT2D eigenvalue weighted by atomic mass is 9.81. The van der Waals surface area contributed by atoms with Gasteiger partial charge in [0.25, 0.3) is 0 Å². The Balaban J connectivity index is 1.76. The normalized spacial score (nSPS) is 24.6. The molecule has 2 unspecified atom stereocenters. The molecule has 20 heavy (non-hydrogen) atoms. The van der Waals surface area contributed by atoms with E-state index in [0.29, 0.717) is 12.0 Å². The summed E-state index contributed by atoms with van der Waals surface area (Å²) >= 11 is 0. The summed E-state index contributed by atoms with van der Waals surface area (Å²) in [5.74, 6) is 0.479. The average Bonchev–Trinajstić information content (AvgIpc) is 2.99. The van der Waals surface area contributed by atoms with Crippen molar-refractivity contribution in [3.63, 3.8) is 0 Å². The van der Waals surface area contributed by atoms with Gasteiger partial charge in [-0.1, -0.05) is 13.0 Å². The minimum absolute atomic E-state index is 0.0480. The highest BCUT2D eigenvalue weighted by Crippen LogP contribution is 2.34. The van der Waals surface area contributed by atoms with Crippen LogP contribution in [-0.4, -0.2) is 37.1 Å². The van der Waals surface area contributed by atoms with Gasteiger partial charge in [0.05, 0.1) is 13.2 Å². The molecule has 2 heterocycles. The van der Waals surface area contributed by atoms with Crippen LogP contribution in [-0.2, 0) is 15.9 Å². The van der Waals surface area contributed by atoms with Crippen molar-refractivity contribution in [1.29, 1.82) is 0 Å². The van der Waals surface area contributed by atoms with Crippen LogP contribution in [0, 0.1) is 0 Å². The summed E-state index contributed by atoms with van der Waals surface area (Å²) in [5.41, 5.74) is 2.70. The first-order chi connectivity index (χ1) is 9.88. The van der Waals surface area contributed by atoms with Gasteiger partial charge in [-0.25, -0.2) is 0 Å². The molecule has 1 aromatic heterocycles. The van der Waals surface area contributed by atoms with E-state index in [0.717, 1.165) is 32.6 Å². The van der Waals surface area contributed by atoms with Gasteiger partial charge in [-0.2, -0.15) is 0 Å². The Morgan fingerprint density at radius 3 is 3.05 bits per heavy atom. The maximum Gasteiger partial charge on any atom is 0.159 e. The number of fused-ring (bicyclic) bond motifs is 1. The van der Waals surface area contributed by atoms with Crippen LogP contribution in [0.15, 0.2) is 18.3 Å². The summed E-state index contributed by atoms with van der Waals surface area (Å²) in [6, 6.07) is 4.66. The van der Waals surface area contributed by atoms with Crippen molar-refractivity contribution in [2.45, 2.75) is 50.9 Å². The number of pyridine rings is 1. The summed E-state index contributed by atoms with van der Waals surface area (Å²) in [6.45, 7) is 4.58. The maximum atomic E-state index is 5.63. The third-order valence-electron chi connectivity index (χ3n) is 4.33. The average molecular weight is 276 g/mol. The van der Waals surface area contributed by atoms with Crippen molar-refractivity contribution in [2.75, 3.05) is 19.8 Å². The molecule has 1 aliphatic heterocycles. The maximum absolute atomic E-state index is 5.63. The molecule has 2 aliphatic rings. The molecular formula is C16H24N2O2. The first-order valence-corrected chi connectivity index (χ1v) is 7.79. The summed E-state index contributed by atoms with van der Waals surface area (Å²) in [4.78, 5) is 4.66. The quantitative estimate of drug-likeness (QED) is 0.895. The van der Waals surface area contributed by atoms with Crippen LogP contribution in [0.25, 0.3) is 0 Å². The Hall–Kier alpha value is -0.970. The van der Waals surface area contributed by atoms with Crippen molar-refractivity contribution >= 4 is 0 Å². The molecule has 1 saturated heterocycles. The van der Waals surface area contributed by atoms with Gasteiger partial charge >= 0.3 is 0 Å². The van der Waals surface area contributed by atoms with Gasteiger partial charge in [-0.05, 0) is 37.4 Å². The molecule has 3 rings (SSSR count). The van der Waals surface area contributed by atoms with Crippen molar-refractivity contribution in [3.05, 3.63) is 29.6 Å². The lowest BCUT2D eigenvalue weighted by Crippen LogP contribution is -2.39. The van der Waals surface area contributed by atoms with E-state index < -0.39 is 0 Å². The Morgan fingerprint density at radius 2 is 2.25 bits per heavy atom. The van der Waals surface area contributed by atoms with Gasteiger partial charge in [0.2, 0.25) is 0 Å². The molecule has 4 heteroatoms. The molecular weight excluding hydrogens is 252 g/mol. The molecule has 0 radical (unpaired) electrons. The van der Waals surface area contributed by atoms with Crippen LogP contribution >= 0.6 is 0 Å². The number of hydrogen-bond donors (Lipinski definition) is 1. The minimum Gasteiger partial charge on any atom is -0.350 e. The Bertz CT molecular complexity index is 432. The molecule has 0 aromatic carbocycles. The van der Waals surface area contributed by atoms with E-state index in [1.165, 1.54) is 24.1 Å². The Labute approximate surface area is 120 Å². The first-order valence-electron chi connectivity index (χ1n) is 7.79. The zero-order valence-corrected chi connectivity index (χ0v) is 12.2. The largest absolute Gasteiger partial charge is 0.350 e. The number of ether oxygens (including phenoxy) is 2. The molecule has 2 atom stereocenters. The second kappa shape index (κ2) is 6.66. The SMILES string of the molecule is CCNC(CC1OCCO1)C1CCCc2cccnc21. The van der Waals surface area contributed by atoms with Crippen LogP contribution < -0.4 is 5.32 Å². The standard InChI is InChI=1S/C16H24N2O2/c1-2-17-14(11-15-19-9-10-20-15)13-7-3-5-12-6-4-8-18-16(12)13/h4,6,8,13-15,17H,2-3,5,7,9-11H2,1H3. The molecule has 1 aromatic rings. The molecule has 0 amide bonds. The van der Waals surface area contributed by atoms with E-state index in [1.807, 2.05) is 12.3 Å². The highest BCUT2D eigenvalue weighted by Gasteiger charge is 2.31. The lowest BCUT2D eigenvalue weighted by Gasteiger charge is -2.33. The Morgan fingerprint density at radius 1 is 1.40 bits per heavy atom. The first kappa shape index (κ1) is 14.0. The number of aryl methyl sites for hydroxylation is 1. The fraction of sp³-hybridized carbons (Fsp3) is 0.688. The highest BCUT2D eigenvalue weighted by molar-refractivity contribution is 5.27. The van der Waals surface area contributed by atoms with Gasteiger partial charge in [-0.3, -0.25) is 4.98 Å². The summed E-state index contributed by atoms with van der Waals surface area (Å²) in [5, 5.41) is 3.62. The predicted octanol–water partition coefficient (Wildman–Crippen LogP) is 2.24. The number of rotatable bonds is 5. The molecule has 1 aliphatic carbocycles. The van der Waals surface area contributed by atoms with Gasteiger partial charge in [0.1, 0.15) is 0 Å². The minimum atomic E-state index is -0.0480. The number of nitrogens with one attached hydrogen (secondary N) is 1. The van der Waals surface area contributed by atoms with Crippen LogP contribution in [0.4, 0.5) is 0 Å². The zero-order chi connectivity index (χ0) is 13.8. The summed E-state index contributed by atoms with van der Waals surface area (Å²) < 4.78 is 11.3. The lowest BCUT2D eigenvalue weighted by molar-refractivity contribution is -0.0546. The van der Waals surface area contributed by atoms with E-state index in [1.54, 1.807) is 0 Å². The fourth-order valence-electron chi connectivity index (χ4n) is 3.44. The van der Waals surface area contributed by atoms with Gasteiger partial charge in [0.15, 0.2) is 6.29 Å². The van der Waals surface area contributed by atoms with Crippen LogP contribution in [0.5, 0.6) is 0 Å². The number of likely N-dealkylation sites (N-methyl/N-ethyl adjacent to an activating group) is 1. The van der Waals surface area contributed by atoms with E-state index in [9.17, 15) is 0 Å². The fourth-order valence-corrected chi connectivity index (χ4v) is 3.44. The second-order valence-corrected chi connectivity index (χ2v) is 5.62. The number of hydrogen-bond acceptors (Lipinski definition) is 4. The molecule has 1 N–H and O–H groups in total. The highest BCUT2D eigenvalue weighted by atomic mass is 16.7. The molecule has 0 spiro atoms. The monoisotopic (exact) mass is 276 g/mol. The molecule has 1 fully saturated rings. The van der Waals surface area contributed by atoms with Crippen molar-refractivity contribution in [1.82, 2.24) is 10.3 Å². The van der Waals surface area contributed by atoms with Crippen molar-refractivity contribution in [2.24, 2.45) is 0 Å². The molecule has 0 saturated carbocycles. The molecule has 110 valence electrons. The van der Waals surface area contributed by atoms with Gasteiger partial charge in [0, 0.05) is 30.3 Å². The summed E-state index contributed by atoms with van der Waals surface area (Å²) in [7, 11) is 0. The zero-order valence-electron chi connectivity index (χ0n) is 12.2. The predicted molar refractivity (Wildman–Crippen MR) is 77.7 cm³/mol. The third kappa shape index (κ3) is 3.03. The van der Waals surface area contributed by atoms with E-state index >= 15 is 0 Å². The van der Waals surface area contributed by atoms with E-state index in [4.69, 9.17) is 9.47 Å². The summed E-state index contributed by atoms with van der Waals surface area (Å²) in [6.07, 6.45) is 6.39. The number of aromatic nitrogens is 1.